The maximum atomic E-state index is 12.0. The summed E-state index contributed by atoms with van der Waals surface area (Å²) >= 11 is 4.88. The molecular weight excluding hydrogens is 250 g/mol. The number of carbonyl (C=O) groups is 1. The van der Waals surface area contributed by atoms with Crippen molar-refractivity contribution >= 4 is 23.1 Å². The molecule has 0 radical (unpaired) electrons. The van der Waals surface area contributed by atoms with Gasteiger partial charge in [0, 0.05) is 5.56 Å². The minimum Gasteiger partial charge on any atom is -0.393 e. The maximum absolute atomic E-state index is 12.0. The number of thiocarbonyl (C=S) groups is 1. The third-order valence-electron chi connectivity index (χ3n) is 2.95. The molecule has 6 heteroatoms. The standard InChI is InChI=1S/C12H19N3O2S/c1-5-9(11(13)18)12(16)14-6(2)10-7(3)15-17-8(10)4/h6,9H,5H2,1-4H3,(H2,13,18)(H,14,16). The molecule has 1 rings (SSSR count). The minimum absolute atomic E-state index is 0.155. The first-order valence-electron chi connectivity index (χ1n) is 5.90. The van der Waals surface area contributed by atoms with Crippen LogP contribution in [0.2, 0.25) is 0 Å². The Kier molecular flexibility index (Phi) is 4.84. The molecule has 2 unspecified atom stereocenters. The lowest BCUT2D eigenvalue weighted by Gasteiger charge is -2.18. The number of carbonyl (C=O) groups excluding carboxylic acids is 1. The third kappa shape index (κ3) is 3.07. The summed E-state index contributed by atoms with van der Waals surface area (Å²) < 4.78 is 5.08. The highest BCUT2D eigenvalue weighted by atomic mass is 32.1. The molecule has 1 amide bonds. The van der Waals surface area contributed by atoms with E-state index >= 15 is 0 Å². The van der Waals surface area contributed by atoms with Crippen LogP contribution in [0.3, 0.4) is 0 Å². The van der Waals surface area contributed by atoms with Crippen LogP contribution in [0, 0.1) is 19.8 Å². The molecule has 0 aliphatic rings. The summed E-state index contributed by atoms with van der Waals surface area (Å²) in [4.78, 5) is 12.2. The summed E-state index contributed by atoms with van der Waals surface area (Å²) in [5.41, 5.74) is 7.23. The number of aromatic nitrogens is 1. The second-order valence-corrected chi connectivity index (χ2v) is 4.80. The van der Waals surface area contributed by atoms with Gasteiger partial charge in [-0.2, -0.15) is 0 Å². The van der Waals surface area contributed by atoms with Crippen LogP contribution >= 0.6 is 12.2 Å². The van der Waals surface area contributed by atoms with Gasteiger partial charge in [-0.1, -0.05) is 24.3 Å². The summed E-state index contributed by atoms with van der Waals surface area (Å²) in [5.74, 6) is 0.129. The minimum atomic E-state index is -0.428. The van der Waals surface area contributed by atoms with Gasteiger partial charge in [-0.3, -0.25) is 4.79 Å². The Morgan fingerprint density at radius 1 is 1.56 bits per heavy atom. The van der Waals surface area contributed by atoms with Crippen molar-refractivity contribution in [3.8, 4) is 0 Å². The van der Waals surface area contributed by atoms with Gasteiger partial charge in [0.2, 0.25) is 5.91 Å². The fraction of sp³-hybridized carbons (Fsp3) is 0.583. The number of nitrogens with one attached hydrogen (secondary N) is 1. The van der Waals surface area contributed by atoms with Crippen LogP contribution in [0.25, 0.3) is 0 Å². The van der Waals surface area contributed by atoms with Crippen molar-refractivity contribution in [3.63, 3.8) is 0 Å². The Bertz CT molecular complexity index is 437. The molecule has 0 aliphatic heterocycles. The Hall–Kier alpha value is -1.43. The highest BCUT2D eigenvalue weighted by Gasteiger charge is 2.23. The van der Waals surface area contributed by atoms with Gasteiger partial charge in [0.25, 0.3) is 0 Å². The molecule has 5 nitrogen and oxygen atoms in total. The zero-order chi connectivity index (χ0) is 13.9. The van der Waals surface area contributed by atoms with E-state index in [1.165, 1.54) is 0 Å². The third-order valence-corrected chi connectivity index (χ3v) is 3.23. The van der Waals surface area contributed by atoms with Crippen LogP contribution < -0.4 is 11.1 Å². The zero-order valence-corrected chi connectivity index (χ0v) is 11.9. The summed E-state index contributed by atoms with van der Waals surface area (Å²) in [6.45, 7) is 7.43. The average molecular weight is 269 g/mol. The first-order chi connectivity index (χ1) is 8.38. The fourth-order valence-corrected chi connectivity index (χ4v) is 2.28. The molecule has 2 atom stereocenters. The molecule has 0 saturated heterocycles. The molecule has 1 aromatic heterocycles. The SMILES string of the molecule is CCC(C(=O)NC(C)c1c(C)noc1C)C(N)=S. The summed E-state index contributed by atoms with van der Waals surface area (Å²) in [5, 5.41) is 6.76. The highest BCUT2D eigenvalue weighted by molar-refractivity contribution is 7.80. The molecule has 0 aliphatic carbocycles. The van der Waals surface area contributed by atoms with E-state index in [0.29, 0.717) is 12.2 Å². The van der Waals surface area contributed by atoms with E-state index in [2.05, 4.69) is 10.5 Å². The fourth-order valence-electron chi connectivity index (χ4n) is 2.01. The Balaban J connectivity index is 2.79. The zero-order valence-electron chi connectivity index (χ0n) is 11.1. The largest absolute Gasteiger partial charge is 0.393 e. The molecule has 0 saturated carbocycles. The number of aryl methyl sites for hydroxylation is 2. The smallest absolute Gasteiger partial charge is 0.230 e. The summed E-state index contributed by atoms with van der Waals surface area (Å²) in [7, 11) is 0. The van der Waals surface area contributed by atoms with Gasteiger partial charge < -0.3 is 15.6 Å². The lowest BCUT2D eigenvalue weighted by atomic mass is 10.0. The molecular formula is C12H19N3O2S. The van der Waals surface area contributed by atoms with Gasteiger partial charge in [0.05, 0.1) is 22.6 Å². The van der Waals surface area contributed by atoms with Crippen LogP contribution in [0.4, 0.5) is 0 Å². The topological polar surface area (TPSA) is 81.2 Å². The Morgan fingerprint density at radius 3 is 2.56 bits per heavy atom. The van der Waals surface area contributed by atoms with E-state index < -0.39 is 5.92 Å². The lowest BCUT2D eigenvalue weighted by Crippen LogP contribution is -2.38. The highest BCUT2D eigenvalue weighted by Crippen LogP contribution is 2.21. The molecule has 18 heavy (non-hydrogen) atoms. The van der Waals surface area contributed by atoms with Gasteiger partial charge in [-0.25, -0.2) is 0 Å². The predicted octanol–water partition coefficient (Wildman–Crippen LogP) is 1.78. The lowest BCUT2D eigenvalue weighted by molar-refractivity contribution is -0.123. The van der Waals surface area contributed by atoms with Gasteiger partial charge in [0.15, 0.2) is 0 Å². The monoisotopic (exact) mass is 269 g/mol. The molecule has 0 bridgehead atoms. The van der Waals surface area contributed by atoms with Crippen LogP contribution in [-0.4, -0.2) is 16.1 Å². The van der Waals surface area contributed by atoms with E-state index in [4.69, 9.17) is 22.5 Å². The number of nitrogens with two attached hydrogens (primary N) is 1. The van der Waals surface area contributed by atoms with E-state index in [-0.39, 0.29) is 16.9 Å². The van der Waals surface area contributed by atoms with Crippen molar-refractivity contribution in [1.29, 1.82) is 0 Å². The molecule has 1 aromatic rings. The van der Waals surface area contributed by atoms with E-state index in [1.807, 2.05) is 27.7 Å². The van der Waals surface area contributed by atoms with Gasteiger partial charge >= 0.3 is 0 Å². The number of amides is 1. The van der Waals surface area contributed by atoms with Crippen molar-refractivity contribution in [1.82, 2.24) is 10.5 Å². The molecule has 1 heterocycles. The average Bonchev–Trinajstić information content (AvgIpc) is 2.58. The van der Waals surface area contributed by atoms with E-state index in [9.17, 15) is 4.79 Å². The van der Waals surface area contributed by atoms with Crippen LogP contribution in [0.1, 0.15) is 43.3 Å². The molecule has 0 spiro atoms. The van der Waals surface area contributed by atoms with Gasteiger partial charge in [-0.15, -0.1) is 0 Å². The summed E-state index contributed by atoms with van der Waals surface area (Å²) in [6, 6.07) is -0.174. The molecule has 100 valence electrons. The normalized spacial score (nSPS) is 14.0. The van der Waals surface area contributed by atoms with Gasteiger partial charge in [0.1, 0.15) is 5.76 Å². The van der Waals surface area contributed by atoms with Crippen LogP contribution in [0.15, 0.2) is 4.52 Å². The first-order valence-corrected chi connectivity index (χ1v) is 6.31. The van der Waals surface area contributed by atoms with Crippen molar-refractivity contribution in [2.24, 2.45) is 11.7 Å². The van der Waals surface area contributed by atoms with Gasteiger partial charge in [-0.05, 0) is 27.2 Å². The van der Waals surface area contributed by atoms with Crippen molar-refractivity contribution < 1.29 is 9.32 Å². The van der Waals surface area contributed by atoms with E-state index in [1.54, 1.807) is 0 Å². The Morgan fingerprint density at radius 2 is 2.17 bits per heavy atom. The maximum Gasteiger partial charge on any atom is 0.230 e. The van der Waals surface area contributed by atoms with E-state index in [0.717, 1.165) is 11.3 Å². The molecule has 0 aromatic carbocycles. The second-order valence-electron chi connectivity index (χ2n) is 4.33. The quantitative estimate of drug-likeness (QED) is 0.796. The van der Waals surface area contributed by atoms with Crippen LogP contribution in [0.5, 0.6) is 0 Å². The Labute approximate surface area is 112 Å². The first kappa shape index (κ1) is 14.6. The van der Waals surface area contributed by atoms with Crippen molar-refractivity contribution in [2.75, 3.05) is 0 Å². The number of rotatable bonds is 5. The predicted molar refractivity (Wildman–Crippen MR) is 73.1 cm³/mol. The number of hydrogen-bond donors (Lipinski definition) is 2. The van der Waals surface area contributed by atoms with Crippen molar-refractivity contribution in [3.05, 3.63) is 17.0 Å². The second kappa shape index (κ2) is 5.95. The molecule has 3 N–H and O–H groups in total. The van der Waals surface area contributed by atoms with Crippen molar-refractivity contribution in [2.45, 2.75) is 40.2 Å². The summed E-state index contributed by atoms with van der Waals surface area (Å²) in [6.07, 6.45) is 0.593. The number of hydrogen-bond acceptors (Lipinski definition) is 4. The molecule has 0 fully saturated rings. The van der Waals surface area contributed by atoms with Crippen LogP contribution in [-0.2, 0) is 4.79 Å². The number of nitrogens with zero attached hydrogens (tertiary/aromatic N) is 1.